The van der Waals surface area contributed by atoms with Gasteiger partial charge >= 0.3 is 12.0 Å². The molecule has 0 unspecified atom stereocenters. The summed E-state index contributed by atoms with van der Waals surface area (Å²) in [6, 6.07) is 1.75. The first-order chi connectivity index (χ1) is 9.82. The average Bonchev–Trinajstić information content (AvgIpc) is 2.32. The van der Waals surface area contributed by atoms with E-state index in [4.69, 9.17) is 5.11 Å². The van der Waals surface area contributed by atoms with E-state index in [1.807, 2.05) is 0 Å². The molecule has 0 atom stereocenters. The quantitative estimate of drug-likeness (QED) is 0.578. The normalized spacial score (nSPS) is 15.7. The first-order valence-electron chi connectivity index (χ1n) is 6.10. The molecule has 3 N–H and O–H groups in total. The number of nitro groups is 1. The molecule has 112 valence electrons. The molecule has 2 rings (SSSR count). The van der Waals surface area contributed by atoms with Crippen LogP contribution in [-0.4, -0.2) is 27.6 Å². The molecule has 1 saturated carbocycles. The van der Waals surface area contributed by atoms with Crippen molar-refractivity contribution in [2.75, 3.05) is 5.32 Å². The average molecular weight is 297 g/mol. The minimum absolute atomic E-state index is 0.126. The molecule has 8 nitrogen and oxygen atoms in total. The molecule has 1 aliphatic carbocycles. The zero-order valence-corrected chi connectivity index (χ0v) is 10.8. The number of halogens is 1. The van der Waals surface area contributed by atoms with E-state index in [9.17, 15) is 24.1 Å². The molecule has 1 fully saturated rings. The van der Waals surface area contributed by atoms with Crippen LogP contribution in [0.25, 0.3) is 0 Å². The monoisotopic (exact) mass is 297 g/mol. The number of carboxylic acids is 1. The van der Waals surface area contributed by atoms with Gasteiger partial charge in [0, 0.05) is 6.07 Å². The minimum atomic E-state index is -1.32. The highest BCUT2D eigenvalue weighted by Crippen LogP contribution is 2.32. The van der Waals surface area contributed by atoms with Gasteiger partial charge in [0.05, 0.1) is 16.7 Å². The number of carbonyl (C=O) groups is 2. The number of amides is 2. The van der Waals surface area contributed by atoms with Gasteiger partial charge < -0.3 is 15.7 Å². The Hall–Kier alpha value is -2.71. The number of anilines is 1. The van der Waals surface area contributed by atoms with Crippen molar-refractivity contribution < 1.29 is 24.0 Å². The van der Waals surface area contributed by atoms with Gasteiger partial charge in [0.25, 0.3) is 5.69 Å². The van der Waals surface area contributed by atoms with E-state index < -0.39 is 34.0 Å². The minimum Gasteiger partial charge on any atom is -0.480 e. The number of nitrogens with one attached hydrogen (secondary N) is 2. The van der Waals surface area contributed by atoms with Gasteiger partial charge in [-0.2, -0.15) is 0 Å². The summed E-state index contributed by atoms with van der Waals surface area (Å²) < 4.78 is 13.2. The highest BCUT2D eigenvalue weighted by atomic mass is 19.1. The van der Waals surface area contributed by atoms with Crippen LogP contribution in [0.5, 0.6) is 0 Å². The number of rotatable bonds is 4. The van der Waals surface area contributed by atoms with E-state index in [0.29, 0.717) is 25.3 Å². The molecule has 0 saturated heterocycles. The number of hydrogen-bond acceptors (Lipinski definition) is 4. The molecular weight excluding hydrogens is 285 g/mol. The lowest BCUT2D eigenvalue weighted by Crippen LogP contribution is -2.60. The summed E-state index contributed by atoms with van der Waals surface area (Å²) in [6.07, 6.45) is 1.29. The van der Waals surface area contributed by atoms with E-state index >= 15 is 0 Å². The summed E-state index contributed by atoms with van der Waals surface area (Å²) in [5, 5.41) is 24.2. The smallest absolute Gasteiger partial charge is 0.329 e. The Labute approximate surface area is 118 Å². The molecule has 0 heterocycles. The number of urea groups is 1. The molecule has 0 spiro atoms. The van der Waals surface area contributed by atoms with Crippen molar-refractivity contribution >= 4 is 23.4 Å². The number of carboxylic acid groups (broad SMARTS) is 1. The number of nitro benzene ring substituents is 1. The number of benzene rings is 1. The predicted octanol–water partition coefficient (Wildman–Crippen LogP) is 1.86. The van der Waals surface area contributed by atoms with Gasteiger partial charge in [-0.1, -0.05) is 0 Å². The second kappa shape index (κ2) is 5.35. The number of aliphatic carboxylic acids is 1. The highest BCUT2D eigenvalue weighted by molar-refractivity contribution is 5.94. The molecule has 1 aromatic rings. The topological polar surface area (TPSA) is 122 Å². The number of carbonyl (C=O) groups excluding carboxylic acids is 1. The summed E-state index contributed by atoms with van der Waals surface area (Å²) in [5.41, 5.74) is -1.95. The van der Waals surface area contributed by atoms with Gasteiger partial charge in [-0.15, -0.1) is 0 Å². The Morgan fingerprint density at radius 1 is 1.33 bits per heavy atom. The second-order valence-electron chi connectivity index (χ2n) is 4.78. The Morgan fingerprint density at radius 3 is 2.48 bits per heavy atom. The third-order valence-corrected chi connectivity index (χ3v) is 3.32. The van der Waals surface area contributed by atoms with Crippen molar-refractivity contribution in [2.24, 2.45) is 0 Å². The van der Waals surface area contributed by atoms with E-state index in [-0.39, 0.29) is 5.69 Å². The number of nitrogens with zero attached hydrogens (tertiary/aromatic N) is 1. The summed E-state index contributed by atoms with van der Waals surface area (Å²) in [4.78, 5) is 32.6. The molecule has 9 heteroatoms. The maximum absolute atomic E-state index is 13.2. The molecule has 21 heavy (non-hydrogen) atoms. The zero-order chi connectivity index (χ0) is 15.6. The van der Waals surface area contributed by atoms with Crippen LogP contribution in [0.15, 0.2) is 18.2 Å². The van der Waals surface area contributed by atoms with Gasteiger partial charge in [0.15, 0.2) is 0 Å². The van der Waals surface area contributed by atoms with Crippen LogP contribution in [-0.2, 0) is 4.79 Å². The van der Waals surface area contributed by atoms with Crippen molar-refractivity contribution in [2.45, 2.75) is 24.8 Å². The molecule has 0 aromatic heterocycles. The summed E-state index contributed by atoms with van der Waals surface area (Å²) in [5.74, 6) is -2.02. The number of non-ortho nitro benzene ring substituents is 1. The van der Waals surface area contributed by atoms with Gasteiger partial charge in [-0.3, -0.25) is 10.1 Å². The van der Waals surface area contributed by atoms with Gasteiger partial charge in [0.1, 0.15) is 11.4 Å². The summed E-state index contributed by atoms with van der Waals surface area (Å²) >= 11 is 0. The summed E-state index contributed by atoms with van der Waals surface area (Å²) in [6.45, 7) is 0. The van der Waals surface area contributed by atoms with Crippen LogP contribution in [0.2, 0.25) is 0 Å². The lowest BCUT2D eigenvalue weighted by molar-refractivity contribution is -0.385. The Bertz CT molecular complexity index is 615. The van der Waals surface area contributed by atoms with Crippen LogP contribution in [0, 0.1) is 15.9 Å². The first-order valence-corrected chi connectivity index (χ1v) is 6.10. The lowest BCUT2D eigenvalue weighted by atomic mass is 9.77. The van der Waals surface area contributed by atoms with E-state index in [1.165, 1.54) is 0 Å². The first kappa shape index (κ1) is 14.7. The molecule has 0 bridgehead atoms. The largest absolute Gasteiger partial charge is 0.480 e. The Balaban J connectivity index is 2.09. The van der Waals surface area contributed by atoms with Crippen LogP contribution in [0.1, 0.15) is 19.3 Å². The van der Waals surface area contributed by atoms with Crippen molar-refractivity contribution in [3.63, 3.8) is 0 Å². The molecule has 1 aromatic carbocycles. The highest BCUT2D eigenvalue weighted by Gasteiger charge is 2.45. The van der Waals surface area contributed by atoms with E-state index in [1.54, 1.807) is 0 Å². The fourth-order valence-electron chi connectivity index (χ4n) is 2.05. The van der Waals surface area contributed by atoms with Crippen molar-refractivity contribution in [1.29, 1.82) is 0 Å². The van der Waals surface area contributed by atoms with Crippen molar-refractivity contribution in [3.8, 4) is 0 Å². The maximum atomic E-state index is 13.2. The standard InChI is InChI=1S/C12H12FN3O5/c13-7-4-8(6-9(5-7)16(20)21)14-11(19)15-12(10(17)18)2-1-3-12/h4-6H,1-3H2,(H,17,18)(H2,14,15,19). The van der Waals surface area contributed by atoms with E-state index in [2.05, 4.69) is 10.6 Å². The zero-order valence-electron chi connectivity index (χ0n) is 10.8. The Morgan fingerprint density at radius 2 is 2.00 bits per heavy atom. The van der Waals surface area contributed by atoms with Crippen LogP contribution in [0.4, 0.5) is 20.6 Å². The molecule has 0 radical (unpaired) electrons. The van der Waals surface area contributed by atoms with Crippen LogP contribution < -0.4 is 10.6 Å². The van der Waals surface area contributed by atoms with Gasteiger partial charge in [-0.05, 0) is 25.3 Å². The SMILES string of the molecule is O=C(Nc1cc(F)cc([N+](=O)[O-])c1)NC1(C(=O)O)CCC1. The molecular formula is C12H12FN3O5. The van der Waals surface area contributed by atoms with Crippen LogP contribution in [0.3, 0.4) is 0 Å². The molecule has 1 aliphatic rings. The van der Waals surface area contributed by atoms with Gasteiger partial charge in [-0.25, -0.2) is 14.0 Å². The molecule has 2 amide bonds. The fraction of sp³-hybridized carbons (Fsp3) is 0.333. The predicted molar refractivity (Wildman–Crippen MR) is 69.4 cm³/mol. The fourth-order valence-corrected chi connectivity index (χ4v) is 2.05. The Kier molecular flexibility index (Phi) is 3.74. The van der Waals surface area contributed by atoms with Crippen molar-refractivity contribution in [3.05, 3.63) is 34.1 Å². The van der Waals surface area contributed by atoms with E-state index in [0.717, 1.165) is 12.1 Å². The number of hydrogen-bond donors (Lipinski definition) is 3. The van der Waals surface area contributed by atoms with Gasteiger partial charge in [0.2, 0.25) is 0 Å². The second-order valence-corrected chi connectivity index (χ2v) is 4.78. The third-order valence-electron chi connectivity index (χ3n) is 3.32. The lowest BCUT2D eigenvalue weighted by Gasteiger charge is -2.38. The molecule has 0 aliphatic heterocycles. The van der Waals surface area contributed by atoms with Crippen molar-refractivity contribution in [1.82, 2.24) is 5.32 Å². The van der Waals surface area contributed by atoms with Crippen LogP contribution >= 0.6 is 0 Å². The maximum Gasteiger partial charge on any atom is 0.329 e. The summed E-state index contributed by atoms with van der Waals surface area (Å²) in [7, 11) is 0. The third kappa shape index (κ3) is 3.07.